The number of hydrogen-bond acceptors (Lipinski definition) is 7. The molecule has 0 radical (unpaired) electrons. The maximum Gasteiger partial charge on any atom is 0.267 e. The Bertz CT molecular complexity index is 719. The summed E-state index contributed by atoms with van der Waals surface area (Å²) in [6, 6.07) is 4.93. The van der Waals surface area contributed by atoms with Crippen LogP contribution in [0.15, 0.2) is 33.5 Å². The van der Waals surface area contributed by atoms with Crippen LogP contribution in [0.4, 0.5) is 5.13 Å². The molecule has 0 saturated heterocycles. The molecule has 0 unspecified atom stereocenters. The van der Waals surface area contributed by atoms with Gasteiger partial charge in [0, 0.05) is 19.2 Å². The van der Waals surface area contributed by atoms with Gasteiger partial charge in [-0.05, 0) is 6.07 Å². The number of anilines is 1. The number of nitrogens with one attached hydrogen (secondary N) is 2. The lowest BCUT2D eigenvalue weighted by Crippen LogP contribution is -2.11. The van der Waals surface area contributed by atoms with Crippen LogP contribution in [0.1, 0.15) is 6.92 Å². The highest BCUT2D eigenvalue weighted by molar-refractivity contribution is 7.91. The van der Waals surface area contributed by atoms with Crippen LogP contribution in [0.5, 0.6) is 0 Å². The van der Waals surface area contributed by atoms with Gasteiger partial charge < -0.3 is 10.3 Å². The highest BCUT2D eigenvalue weighted by Crippen LogP contribution is 2.17. The molecule has 2 aromatic heterocycles. The molecule has 0 aliphatic heterocycles. The van der Waals surface area contributed by atoms with Crippen LogP contribution in [0.2, 0.25) is 0 Å². The molecule has 108 valence electrons. The van der Waals surface area contributed by atoms with Crippen molar-refractivity contribution in [2.45, 2.75) is 11.3 Å². The number of hydrogen-bond donors (Lipinski definition) is 3. The molecular formula is C9H11N5O4S2. The van der Waals surface area contributed by atoms with E-state index in [2.05, 4.69) is 20.5 Å². The number of nitrogens with two attached hydrogens (primary N) is 1. The number of aromatic nitrogens is 3. The second-order valence-electron chi connectivity index (χ2n) is 3.33. The van der Waals surface area contributed by atoms with Gasteiger partial charge in [-0.3, -0.25) is 9.59 Å². The topological polar surface area (TPSA) is 148 Å². The third-order valence-corrected chi connectivity index (χ3v) is 3.76. The maximum absolute atomic E-state index is 10.7. The third-order valence-electron chi connectivity index (χ3n) is 1.61. The van der Waals surface area contributed by atoms with Gasteiger partial charge >= 0.3 is 0 Å². The summed E-state index contributed by atoms with van der Waals surface area (Å²) in [6.45, 7) is 1.28. The SMILES string of the molecule is CC(=O)Nc1nnc(S(N)(=O)=O)s1.O=c1cccc[nH]1. The van der Waals surface area contributed by atoms with Gasteiger partial charge in [-0.2, -0.15) is 0 Å². The first-order valence-corrected chi connectivity index (χ1v) is 7.43. The molecule has 0 atom stereocenters. The molecule has 2 heterocycles. The van der Waals surface area contributed by atoms with Gasteiger partial charge in [0.25, 0.3) is 10.0 Å². The lowest BCUT2D eigenvalue weighted by Gasteiger charge is -1.90. The Morgan fingerprint density at radius 3 is 2.45 bits per heavy atom. The van der Waals surface area contributed by atoms with E-state index in [0.717, 1.165) is 0 Å². The zero-order valence-corrected chi connectivity index (χ0v) is 11.9. The first-order valence-electron chi connectivity index (χ1n) is 5.06. The minimum atomic E-state index is -3.82. The van der Waals surface area contributed by atoms with E-state index >= 15 is 0 Å². The predicted octanol–water partition coefficient (Wildman–Crippen LogP) is -0.481. The standard InChI is InChI=1S/C5H5NO.C4H6N4O3S2/c7-5-3-1-2-4-6-5;1-2(9)6-3-7-8-4(12-3)13(5,10)11/h1-4H,(H,6,7);1H3,(H2,5,10,11)(H,6,7,9). The van der Waals surface area contributed by atoms with Crippen molar-refractivity contribution in [3.8, 4) is 0 Å². The summed E-state index contributed by atoms with van der Waals surface area (Å²) in [5.74, 6) is -0.350. The number of primary sulfonamides is 1. The predicted molar refractivity (Wildman–Crippen MR) is 72.6 cm³/mol. The van der Waals surface area contributed by atoms with Crippen molar-refractivity contribution in [3.63, 3.8) is 0 Å². The molecule has 0 aliphatic carbocycles. The molecule has 2 rings (SSSR count). The van der Waals surface area contributed by atoms with E-state index in [1.807, 2.05) is 0 Å². The van der Waals surface area contributed by atoms with Crippen molar-refractivity contribution in [1.29, 1.82) is 0 Å². The second kappa shape index (κ2) is 6.88. The van der Waals surface area contributed by atoms with Crippen LogP contribution >= 0.6 is 11.3 Å². The van der Waals surface area contributed by atoms with Crippen molar-refractivity contribution in [2.24, 2.45) is 5.14 Å². The summed E-state index contributed by atoms with van der Waals surface area (Å²) in [5.41, 5.74) is -0.0532. The molecule has 20 heavy (non-hydrogen) atoms. The Morgan fingerprint density at radius 2 is 2.10 bits per heavy atom. The van der Waals surface area contributed by atoms with Gasteiger partial charge in [0.2, 0.25) is 20.9 Å². The van der Waals surface area contributed by atoms with Crippen LogP contribution in [0, 0.1) is 0 Å². The summed E-state index contributed by atoms with van der Waals surface area (Å²) < 4.78 is 21.1. The van der Waals surface area contributed by atoms with Gasteiger partial charge in [-0.1, -0.05) is 17.4 Å². The molecule has 0 bridgehead atoms. The third kappa shape index (κ3) is 5.69. The summed E-state index contributed by atoms with van der Waals surface area (Å²) >= 11 is 0.701. The largest absolute Gasteiger partial charge is 0.329 e. The summed E-state index contributed by atoms with van der Waals surface area (Å²) in [5, 5.41) is 13.8. The van der Waals surface area contributed by atoms with Gasteiger partial charge in [0.05, 0.1) is 0 Å². The first kappa shape index (κ1) is 15.9. The normalized spacial score (nSPS) is 10.3. The summed E-state index contributed by atoms with van der Waals surface area (Å²) in [6.07, 6.45) is 1.60. The number of aromatic amines is 1. The highest BCUT2D eigenvalue weighted by atomic mass is 32.2. The molecule has 1 amide bonds. The monoisotopic (exact) mass is 317 g/mol. The number of carbonyl (C=O) groups is 1. The Kier molecular flexibility index (Phi) is 5.49. The van der Waals surface area contributed by atoms with Crippen molar-refractivity contribution < 1.29 is 13.2 Å². The number of pyridine rings is 1. The Balaban J connectivity index is 0.000000240. The van der Waals surface area contributed by atoms with Crippen LogP contribution in [-0.4, -0.2) is 29.5 Å². The van der Waals surface area contributed by atoms with E-state index < -0.39 is 10.0 Å². The molecule has 0 spiro atoms. The maximum atomic E-state index is 10.7. The zero-order chi connectivity index (χ0) is 15.2. The molecule has 2 aromatic rings. The molecular weight excluding hydrogens is 306 g/mol. The molecule has 0 aromatic carbocycles. The average Bonchev–Trinajstić information content (AvgIpc) is 2.78. The molecule has 0 aliphatic rings. The molecule has 11 heteroatoms. The van der Waals surface area contributed by atoms with E-state index in [0.29, 0.717) is 11.3 Å². The Labute approximate surface area is 117 Å². The summed E-state index contributed by atoms with van der Waals surface area (Å²) in [7, 11) is -3.82. The van der Waals surface area contributed by atoms with Crippen molar-refractivity contribution in [2.75, 3.05) is 5.32 Å². The molecule has 0 saturated carbocycles. The Morgan fingerprint density at radius 1 is 1.40 bits per heavy atom. The molecule has 0 fully saturated rings. The molecule has 9 nitrogen and oxygen atoms in total. The van der Waals surface area contributed by atoms with Gasteiger partial charge in [-0.15, -0.1) is 10.2 Å². The number of sulfonamides is 1. The zero-order valence-electron chi connectivity index (χ0n) is 10.2. The lowest BCUT2D eigenvalue weighted by molar-refractivity contribution is -0.114. The van der Waals surface area contributed by atoms with Crippen molar-refractivity contribution >= 4 is 32.4 Å². The average molecular weight is 317 g/mol. The highest BCUT2D eigenvalue weighted by Gasteiger charge is 2.15. The van der Waals surface area contributed by atoms with Gasteiger partial charge in [-0.25, -0.2) is 13.6 Å². The van der Waals surface area contributed by atoms with Crippen LogP contribution in [0.25, 0.3) is 0 Å². The van der Waals surface area contributed by atoms with Gasteiger partial charge in [0.15, 0.2) is 0 Å². The lowest BCUT2D eigenvalue weighted by atomic mass is 10.5. The minimum Gasteiger partial charge on any atom is -0.329 e. The quantitative estimate of drug-likeness (QED) is 0.637. The van der Waals surface area contributed by atoms with E-state index in [-0.39, 0.29) is 20.9 Å². The summed E-state index contributed by atoms with van der Waals surface area (Å²) in [4.78, 5) is 23.2. The van der Waals surface area contributed by atoms with Crippen LogP contribution in [0.3, 0.4) is 0 Å². The fourth-order valence-corrected chi connectivity index (χ4v) is 2.28. The molecule has 4 N–H and O–H groups in total. The minimum absolute atomic E-state index is 0.0532. The fourth-order valence-electron chi connectivity index (χ4n) is 0.903. The van der Waals surface area contributed by atoms with E-state index in [1.54, 1.807) is 18.3 Å². The van der Waals surface area contributed by atoms with Gasteiger partial charge in [0.1, 0.15) is 0 Å². The van der Waals surface area contributed by atoms with E-state index in [9.17, 15) is 18.0 Å². The van der Waals surface area contributed by atoms with Crippen LogP contribution in [-0.2, 0) is 14.8 Å². The smallest absolute Gasteiger partial charge is 0.267 e. The van der Waals surface area contributed by atoms with E-state index in [1.165, 1.54) is 13.0 Å². The van der Waals surface area contributed by atoms with E-state index in [4.69, 9.17) is 5.14 Å². The first-order chi connectivity index (χ1) is 9.29. The van der Waals surface area contributed by atoms with Crippen LogP contribution < -0.4 is 16.0 Å². The second-order valence-corrected chi connectivity index (χ2v) is 6.04. The number of rotatable bonds is 2. The number of carbonyl (C=O) groups excluding carboxylic acids is 1. The number of nitrogens with zero attached hydrogens (tertiary/aromatic N) is 2. The van der Waals surface area contributed by atoms with Crippen molar-refractivity contribution in [3.05, 3.63) is 34.7 Å². The van der Waals surface area contributed by atoms with Crippen molar-refractivity contribution in [1.82, 2.24) is 15.2 Å². The Hall–Kier alpha value is -2.11. The fraction of sp³-hybridized carbons (Fsp3) is 0.111. The number of H-pyrrole nitrogens is 1. The number of amides is 1.